The molecule has 1 atom stereocenters. The van der Waals surface area contributed by atoms with Crippen molar-refractivity contribution in [2.45, 2.75) is 38.3 Å². The second-order valence-corrected chi connectivity index (χ2v) is 6.41. The number of nitrogens with zero attached hydrogens (tertiary/aromatic N) is 1. The summed E-state index contributed by atoms with van der Waals surface area (Å²) in [6.07, 6.45) is 5.08. The first-order valence-electron chi connectivity index (χ1n) is 6.45. The Labute approximate surface area is 128 Å². The van der Waals surface area contributed by atoms with Gasteiger partial charge in [0.05, 0.1) is 0 Å². The van der Waals surface area contributed by atoms with E-state index in [1.54, 1.807) is 0 Å². The van der Waals surface area contributed by atoms with E-state index in [1.165, 1.54) is 25.7 Å². The molecule has 1 aliphatic rings. The molecule has 1 aromatic carbocycles. The highest BCUT2D eigenvalue weighted by atomic mass is 79.9. The molecule has 1 heterocycles. The summed E-state index contributed by atoms with van der Waals surface area (Å²) < 4.78 is 0. The van der Waals surface area contributed by atoms with E-state index >= 15 is 0 Å². The molecule has 0 spiro atoms. The van der Waals surface area contributed by atoms with Crippen molar-refractivity contribution in [3.8, 4) is 0 Å². The average Bonchev–Trinajstić information content (AvgIpc) is 2.79. The van der Waals surface area contributed by atoms with Gasteiger partial charge in [-0.05, 0) is 44.4 Å². The Morgan fingerprint density at radius 3 is 2.67 bits per heavy atom. The second-order valence-electron chi connectivity index (χ2n) is 4.80. The number of hydrogen-bond acceptors (Lipinski definition) is 1. The highest BCUT2D eigenvalue weighted by molar-refractivity contribution is 9.09. The van der Waals surface area contributed by atoms with E-state index in [9.17, 15) is 0 Å². The maximum atomic E-state index is 6.24. The molecule has 1 nitrogen and oxygen atoms in total. The number of benzene rings is 1. The molecule has 0 aromatic heterocycles. The molecule has 18 heavy (non-hydrogen) atoms. The van der Waals surface area contributed by atoms with Crippen LogP contribution in [0.25, 0.3) is 0 Å². The Morgan fingerprint density at radius 2 is 2.00 bits per heavy atom. The first-order valence-corrected chi connectivity index (χ1v) is 8.33. The maximum Gasteiger partial charge on any atom is 0.0465 e. The van der Waals surface area contributed by atoms with Crippen LogP contribution in [-0.4, -0.2) is 22.8 Å². The Morgan fingerprint density at radius 1 is 1.28 bits per heavy atom. The molecule has 1 aliphatic heterocycles. The van der Waals surface area contributed by atoms with Crippen LogP contribution in [0, 0.1) is 0 Å². The van der Waals surface area contributed by atoms with E-state index < -0.39 is 0 Å². The first kappa shape index (κ1) is 14.6. The number of halogens is 3. The highest BCUT2D eigenvalue weighted by Gasteiger charge is 2.25. The Hall–Kier alpha value is 0.240. The van der Waals surface area contributed by atoms with Crippen molar-refractivity contribution in [3.63, 3.8) is 0 Å². The Balaban J connectivity index is 2.03. The molecule has 0 saturated carbocycles. The highest BCUT2D eigenvalue weighted by Crippen LogP contribution is 2.30. The zero-order chi connectivity index (χ0) is 13.0. The first-order chi connectivity index (χ1) is 8.72. The molecular weight excluding hydrogens is 333 g/mol. The number of rotatable bonds is 5. The Kier molecular flexibility index (Phi) is 5.81. The molecule has 2 rings (SSSR count). The lowest BCUT2D eigenvalue weighted by Crippen LogP contribution is -2.29. The van der Waals surface area contributed by atoms with Gasteiger partial charge in [-0.2, -0.15) is 0 Å². The van der Waals surface area contributed by atoms with Crippen LogP contribution in [0.3, 0.4) is 0 Å². The molecule has 0 radical (unpaired) electrons. The minimum atomic E-state index is 0.690. The number of likely N-dealkylation sites (tertiary alicyclic amines) is 1. The lowest BCUT2D eigenvalue weighted by molar-refractivity contribution is 0.234. The molecule has 1 aromatic rings. The Bertz CT molecular complexity index is 377. The quantitative estimate of drug-likeness (QED) is 0.665. The van der Waals surface area contributed by atoms with E-state index in [1.807, 2.05) is 18.2 Å². The van der Waals surface area contributed by atoms with Gasteiger partial charge in [0.1, 0.15) is 0 Å². The third kappa shape index (κ3) is 3.63. The summed E-state index contributed by atoms with van der Waals surface area (Å²) in [6, 6.07) is 6.44. The molecule has 0 N–H and O–H groups in total. The minimum absolute atomic E-state index is 0.690. The SMILES string of the molecule is Clc1cccc(Cl)c1CN1CCCC1CCCBr. The van der Waals surface area contributed by atoms with Crippen LogP contribution in [-0.2, 0) is 6.54 Å². The third-order valence-electron chi connectivity index (χ3n) is 3.59. The van der Waals surface area contributed by atoms with Crippen molar-refractivity contribution < 1.29 is 0 Å². The molecule has 1 fully saturated rings. The minimum Gasteiger partial charge on any atom is -0.296 e. The fourth-order valence-corrected chi connectivity index (χ4v) is 3.47. The van der Waals surface area contributed by atoms with Crippen LogP contribution in [0.5, 0.6) is 0 Å². The normalized spacial score (nSPS) is 20.5. The van der Waals surface area contributed by atoms with Gasteiger partial charge < -0.3 is 0 Å². The van der Waals surface area contributed by atoms with Gasteiger partial charge in [0.15, 0.2) is 0 Å². The monoisotopic (exact) mass is 349 g/mol. The van der Waals surface area contributed by atoms with Gasteiger partial charge in [0.2, 0.25) is 0 Å². The summed E-state index contributed by atoms with van der Waals surface area (Å²) in [5, 5.41) is 2.66. The fourth-order valence-electron chi connectivity index (χ4n) is 2.63. The maximum absolute atomic E-state index is 6.24. The van der Waals surface area contributed by atoms with E-state index in [0.29, 0.717) is 6.04 Å². The fraction of sp³-hybridized carbons (Fsp3) is 0.571. The van der Waals surface area contributed by atoms with Crippen LogP contribution in [0.15, 0.2) is 18.2 Å². The molecule has 4 heteroatoms. The van der Waals surface area contributed by atoms with E-state index in [-0.39, 0.29) is 0 Å². The number of alkyl halides is 1. The average molecular weight is 351 g/mol. The molecule has 1 saturated heterocycles. The summed E-state index contributed by atoms with van der Waals surface area (Å²) in [4.78, 5) is 2.52. The van der Waals surface area contributed by atoms with Gasteiger partial charge in [0, 0.05) is 33.5 Å². The van der Waals surface area contributed by atoms with Crippen LogP contribution < -0.4 is 0 Å². The topological polar surface area (TPSA) is 3.24 Å². The summed E-state index contributed by atoms with van der Waals surface area (Å²) in [5.74, 6) is 0. The smallest absolute Gasteiger partial charge is 0.0465 e. The summed E-state index contributed by atoms with van der Waals surface area (Å²) in [5.41, 5.74) is 1.08. The third-order valence-corrected chi connectivity index (χ3v) is 4.86. The van der Waals surface area contributed by atoms with Crippen molar-refractivity contribution in [2.24, 2.45) is 0 Å². The molecule has 0 bridgehead atoms. The predicted molar refractivity (Wildman–Crippen MR) is 82.9 cm³/mol. The van der Waals surface area contributed by atoms with Crippen LogP contribution in [0.4, 0.5) is 0 Å². The van der Waals surface area contributed by atoms with Crippen LogP contribution in [0.1, 0.15) is 31.2 Å². The zero-order valence-electron chi connectivity index (χ0n) is 10.3. The largest absolute Gasteiger partial charge is 0.296 e. The van der Waals surface area contributed by atoms with Gasteiger partial charge in [0.25, 0.3) is 0 Å². The molecule has 0 amide bonds. The summed E-state index contributed by atoms with van der Waals surface area (Å²) in [7, 11) is 0. The van der Waals surface area contributed by atoms with Crippen molar-refractivity contribution in [1.82, 2.24) is 4.90 Å². The van der Waals surface area contributed by atoms with Gasteiger partial charge in [-0.1, -0.05) is 45.2 Å². The van der Waals surface area contributed by atoms with E-state index in [0.717, 1.165) is 34.0 Å². The van der Waals surface area contributed by atoms with Gasteiger partial charge in [-0.15, -0.1) is 0 Å². The van der Waals surface area contributed by atoms with Crippen molar-refractivity contribution >= 4 is 39.1 Å². The van der Waals surface area contributed by atoms with Crippen molar-refractivity contribution in [1.29, 1.82) is 0 Å². The van der Waals surface area contributed by atoms with Crippen molar-refractivity contribution in [2.75, 3.05) is 11.9 Å². The van der Waals surface area contributed by atoms with Crippen LogP contribution >= 0.6 is 39.1 Å². The summed E-state index contributed by atoms with van der Waals surface area (Å²) in [6.45, 7) is 2.04. The van der Waals surface area contributed by atoms with E-state index in [2.05, 4.69) is 20.8 Å². The summed E-state index contributed by atoms with van der Waals surface area (Å²) >= 11 is 16.0. The van der Waals surface area contributed by atoms with Crippen molar-refractivity contribution in [3.05, 3.63) is 33.8 Å². The predicted octanol–water partition coefficient (Wildman–Crippen LogP) is 5.13. The molecule has 0 aliphatic carbocycles. The van der Waals surface area contributed by atoms with Gasteiger partial charge in [-0.25, -0.2) is 0 Å². The lowest BCUT2D eigenvalue weighted by Gasteiger charge is -2.25. The molecule has 100 valence electrons. The molecular formula is C14H18BrCl2N. The number of hydrogen-bond donors (Lipinski definition) is 0. The lowest BCUT2D eigenvalue weighted by atomic mass is 10.1. The van der Waals surface area contributed by atoms with Crippen LogP contribution in [0.2, 0.25) is 10.0 Å². The standard InChI is InChI=1S/C14H18BrCl2N/c15-8-2-4-11-5-3-9-18(11)10-12-13(16)6-1-7-14(12)17/h1,6-7,11H,2-5,8-10H2. The zero-order valence-corrected chi connectivity index (χ0v) is 13.4. The van der Waals surface area contributed by atoms with E-state index in [4.69, 9.17) is 23.2 Å². The molecule has 1 unspecified atom stereocenters. The van der Waals surface area contributed by atoms with Gasteiger partial charge >= 0.3 is 0 Å². The second kappa shape index (κ2) is 7.14. The van der Waals surface area contributed by atoms with Gasteiger partial charge in [-0.3, -0.25) is 4.90 Å².